The van der Waals surface area contributed by atoms with E-state index in [1.54, 1.807) is 24.3 Å². The fourth-order valence-electron chi connectivity index (χ4n) is 2.39. The van der Waals surface area contributed by atoms with Crippen molar-refractivity contribution in [2.24, 2.45) is 0 Å². The maximum Gasteiger partial charge on any atom is 0.264 e. The average Bonchev–Trinajstić information content (AvgIpc) is 2.63. The summed E-state index contributed by atoms with van der Waals surface area (Å²) < 4.78 is 31.7. The summed E-state index contributed by atoms with van der Waals surface area (Å²) in [7, 11) is -2.97. The lowest BCUT2D eigenvalue weighted by atomic mass is 10.2. The molecule has 0 aliphatic heterocycles. The molecule has 27 heavy (non-hydrogen) atoms. The maximum atomic E-state index is 12.7. The van der Waals surface area contributed by atoms with Crippen LogP contribution < -0.4 is 10.2 Å². The second-order valence-corrected chi connectivity index (χ2v) is 8.14. The lowest BCUT2D eigenvalue weighted by Crippen LogP contribution is -2.52. The number of sulfonamides is 1. The van der Waals surface area contributed by atoms with Crippen LogP contribution in [0.4, 0.5) is 0 Å². The third-order valence-corrected chi connectivity index (χ3v) is 5.88. The summed E-state index contributed by atoms with van der Waals surface area (Å²) in [5.41, 5.74) is 1.36. The van der Waals surface area contributed by atoms with Gasteiger partial charge in [0.2, 0.25) is 10.0 Å². The molecule has 0 spiro atoms. The van der Waals surface area contributed by atoms with Crippen LogP contribution in [-0.2, 0) is 14.8 Å². The van der Waals surface area contributed by atoms with Crippen LogP contribution in [0.1, 0.15) is 6.92 Å². The molecule has 2 aromatic rings. The molecule has 10 heteroatoms. The number of rotatable bonds is 7. The van der Waals surface area contributed by atoms with Crippen molar-refractivity contribution >= 4 is 27.5 Å². The number of nitrogens with one attached hydrogen (secondary N) is 1. The molecule has 8 nitrogen and oxygen atoms in total. The average molecular weight is 415 g/mol. The highest BCUT2D eigenvalue weighted by molar-refractivity contribution is 7.89. The number of halogens is 1. The van der Waals surface area contributed by atoms with Gasteiger partial charge in [0, 0.05) is 12.1 Å². The van der Waals surface area contributed by atoms with Gasteiger partial charge in [-0.25, -0.2) is 13.9 Å². The van der Waals surface area contributed by atoms with E-state index in [1.807, 2.05) is 0 Å². The predicted octanol–water partition coefficient (Wildman–Crippen LogP) is 2.01. The first-order valence-corrected chi connectivity index (χ1v) is 9.62. The second kappa shape index (κ2) is 8.68. The molecule has 0 aromatic heterocycles. The molecule has 0 aliphatic carbocycles. The largest absolute Gasteiger partial charge is 0.457 e. The Morgan fingerprint density at radius 2 is 1.59 bits per heavy atom. The number of hydroxylamine groups is 1. The molecule has 0 aliphatic rings. The zero-order valence-electron chi connectivity index (χ0n) is 14.5. The Kier molecular flexibility index (Phi) is 6.79. The smallest absolute Gasteiger partial charge is 0.264 e. The van der Waals surface area contributed by atoms with E-state index in [0.29, 0.717) is 20.8 Å². The van der Waals surface area contributed by atoms with Gasteiger partial charge < -0.3 is 9.84 Å². The topological polar surface area (TPSA) is 116 Å². The molecule has 146 valence electrons. The Morgan fingerprint density at radius 3 is 2.04 bits per heavy atom. The van der Waals surface area contributed by atoms with Crippen LogP contribution in [0, 0.1) is 0 Å². The number of amides is 1. The molecule has 1 unspecified atom stereocenters. The number of ether oxygens (including phenoxy) is 1. The summed E-state index contributed by atoms with van der Waals surface area (Å²) >= 11 is 5.81. The van der Waals surface area contributed by atoms with Crippen LogP contribution in [0.3, 0.4) is 0 Å². The highest BCUT2D eigenvalue weighted by atomic mass is 35.5. The molecule has 0 fully saturated rings. The molecule has 2 aromatic carbocycles. The number of likely N-dealkylation sites (N-methyl/N-ethyl adjacent to an activating group) is 1. The van der Waals surface area contributed by atoms with Crippen molar-refractivity contribution < 1.29 is 28.3 Å². The van der Waals surface area contributed by atoms with Gasteiger partial charge in [0.25, 0.3) is 5.91 Å². The number of hydrogen-bond donors (Lipinski definition) is 3. The Labute approximate surface area is 162 Å². The molecular formula is C17H19ClN2O6S. The number of aliphatic hydroxyl groups is 1. The van der Waals surface area contributed by atoms with E-state index >= 15 is 0 Å². The van der Waals surface area contributed by atoms with Gasteiger partial charge in [-0.15, -0.1) is 0 Å². The summed E-state index contributed by atoms with van der Waals surface area (Å²) in [5.74, 6) is -0.112. The summed E-state index contributed by atoms with van der Waals surface area (Å²) in [6.07, 6.45) is -1.34. The molecule has 2 rings (SSSR count). The first-order valence-electron chi connectivity index (χ1n) is 7.80. The van der Waals surface area contributed by atoms with Gasteiger partial charge in [-0.1, -0.05) is 11.6 Å². The standard InChI is InChI=1S/C17H19ClN2O6S/c1-11(21)16(17(22)19-23)20(2)27(24,25)15-9-7-14(8-10-15)26-13-5-3-12(18)4-6-13/h3-11,16,21,23H,1-2H3,(H,19,22)/t11-,16?/m1/s1. The van der Waals surface area contributed by atoms with Gasteiger partial charge in [-0.2, -0.15) is 4.31 Å². The molecule has 1 amide bonds. The minimum atomic E-state index is -4.11. The monoisotopic (exact) mass is 414 g/mol. The van der Waals surface area contributed by atoms with Crippen LogP contribution in [0.2, 0.25) is 5.02 Å². The first-order chi connectivity index (χ1) is 12.7. The van der Waals surface area contributed by atoms with Crippen molar-refractivity contribution in [3.05, 3.63) is 53.6 Å². The summed E-state index contributed by atoms with van der Waals surface area (Å²) in [6.45, 7) is 1.25. The number of benzene rings is 2. The van der Waals surface area contributed by atoms with Crippen molar-refractivity contribution in [2.75, 3.05) is 7.05 Å². The molecule has 0 saturated carbocycles. The third-order valence-electron chi connectivity index (χ3n) is 3.78. The van der Waals surface area contributed by atoms with Crippen molar-refractivity contribution in [2.45, 2.75) is 24.0 Å². The van der Waals surface area contributed by atoms with E-state index in [9.17, 15) is 18.3 Å². The third kappa shape index (κ3) is 4.96. The number of aliphatic hydroxyl groups excluding tert-OH is 1. The predicted molar refractivity (Wildman–Crippen MR) is 98.3 cm³/mol. The minimum Gasteiger partial charge on any atom is -0.457 e. The van der Waals surface area contributed by atoms with Gasteiger partial charge in [0.05, 0.1) is 11.0 Å². The molecule has 0 saturated heterocycles. The molecule has 0 bridgehead atoms. The van der Waals surface area contributed by atoms with E-state index in [0.717, 1.165) is 7.05 Å². The quantitative estimate of drug-likeness (QED) is 0.471. The van der Waals surface area contributed by atoms with Crippen molar-refractivity contribution in [1.82, 2.24) is 9.79 Å². The van der Waals surface area contributed by atoms with Gasteiger partial charge in [-0.05, 0) is 55.5 Å². The van der Waals surface area contributed by atoms with E-state index in [1.165, 1.54) is 36.7 Å². The highest BCUT2D eigenvalue weighted by Gasteiger charge is 2.36. The Morgan fingerprint density at radius 1 is 1.11 bits per heavy atom. The number of hydrogen-bond acceptors (Lipinski definition) is 6. The van der Waals surface area contributed by atoms with Crippen LogP contribution in [0.15, 0.2) is 53.4 Å². The number of nitrogens with zero attached hydrogens (tertiary/aromatic N) is 1. The fraction of sp³-hybridized carbons (Fsp3) is 0.235. The minimum absolute atomic E-state index is 0.107. The van der Waals surface area contributed by atoms with Crippen molar-refractivity contribution in [1.29, 1.82) is 0 Å². The number of carbonyl (C=O) groups is 1. The van der Waals surface area contributed by atoms with Gasteiger partial charge >= 0.3 is 0 Å². The highest BCUT2D eigenvalue weighted by Crippen LogP contribution is 2.26. The van der Waals surface area contributed by atoms with Gasteiger partial charge in [0.15, 0.2) is 0 Å². The van der Waals surface area contributed by atoms with E-state index in [2.05, 4.69) is 0 Å². The Hall–Kier alpha value is -2.17. The van der Waals surface area contributed by atoms with E-state index in [-0.39, 0.29) is 4.90 Å². The molecule has 2 atom stereocenters. The normalized spacial score (nSPS) is 13.9. The first kappa shape index (κ1) is 21.1. The summed E-state index contributed by atoms with van der Waals surface area (Å²) in [6, 6.07) is 10.7. The Bertz CT molecular complexity index is 885. The van der Waals surface area contributed by atoms with Crippen molar-refractivity contribution in [3.63, 3.8) is 0 Å². The van der Waals surface area contributed by atoms with Crippen LogP contribution in [0.25, 0.3) is 0 Å². The summed E-state index contributed by atoms with van der Waals surface area (Å²) in [4.78, 5) is 11.6. The zero-order valence-corrected chi connectivity index (χ0v) is 16.1. The summed E-state index contributed by atoms with van der Waals surface area (Å²) in [5, 5.41) is 19.1. The van der Waals surface area contributed by atoms with Crippen LogP contribution >= 0.6 is 11.6 Å². The van der Waals surface area contributed by atoms with E-state index in [4.69, 9.17) is 21.5 Å². The van der Waals surface area contributed by atoms with E-state index < -0.39 is 28.1 Å². The lowest BCUT2D eigenvalue weighted by Gasteiger charge is -2.27. The van der Waals surface area contributed by atoms with Gasteiger partial charge in [-0.3, -0.25) is 10.0 Å². The molecule has 3 N–H and O–H groups in total. The maximum absolute atomic E-state index is 12.7. The Balaban J connectivity index is 2.23. The molecular weight excluding hydrogens is 396 g/mol. The lowest BCUT2D eigenvalue weighted by molar-refractivity contribution is -0.136. The van der Waals surface area contributed by atoms with Crippen LogP contribution in [-0.4, -0.2) is 48.1 Å². The second-order valence-electron chi connectivity index (χ2n) is 5.71. The van der Waals surface area contributed by atoms with Crippen LogP contribution in [0.5, 0.6) is 11.5 Å². The van der Waals surface area contributed by atoms with Gasteiger partial charge in [0.1, 0.15) is 17.5 Å². The SMILES string of the molecule is C[C@@H](O)C(C(=O)NO)N(C)S(=O)(=O)c1ccc(Oc2ccc(Cl)cc2)cc1. The zero-order chi connectivity index (χ0) is 20.2. The van der Waals surface area contributed by atoms with Crippen molar-refractivity contribution in [3.8, 4) is 11.5 Å². The number of carbonyl (C=O) groups excluding carboxylic acids is 1. The fourth-order valence-corrected chi connectivity index (χ4v) is 3.90. The molecule has 0 heterocycles. The molecule has 0 radical (unpaired) electrons.